The monoisotopic (exact) mass is 397 g/mol. The summed E-state index contributed by atoms with van der Waals surface area (Å²) in [5, 5.41) is 3.40. The number of benzene rings is 1. The van der Waals surface area contributed by atoms with E-state index < -0.39 is 0 Å². The van der Waals surface area contributed by atoms with Gasteiger partial charge in [0.1, 0.15) is 0 Å². The zero-order valence-corrected chi connectivity index (χ0v) is 20.1. The van der Waals surface area contributed by atoms with Crippen molar-refractivity contribution < 1.29 is 0 Å². The molecule has 1 fully saturated rings. The summed E-state index contributed by atoms with van der Waals surface area (Å²) in [4.78, 5) is 0. The molecule has 0 radical (unpaired) electrons. The first-order chi connectivity index (χ1) is 13.8. The minimum Gasteiger partial charge on any atom is -0.385 e. The summed E-state index contributed by atoms with van der Waals surface area (Å²) >= 11 is 0. The summed E-state index contributed by atoms with van der Waals surface area (Å²) in [6.45, 7) is 20.0. The third-order valence-electron chi connectivity index (χ3n) is 6.41. The molecule has 1 nitrogen and oxygen atoms in total. The molecule has 2 unspecified atom stereocenters. The molecule has 1 N–H and O–H groups in total. The van der Waals surface area contributed by atoms with Gasteiger partial charge in [0.25, 0.3) is 0 Å². The molecule has 0 saturated heterocycles. The van der Waals surface area contributed by atoms with Crippen LogP contribution in [0.3, 0.4) is 0 Å². The van der Waals surface area contributed by atoms with E-state index in [1.165, 1.54) is 67.2 Å². The number of hydrogen-bond donors (Lipinski definition) is 1. The van der Waals surface area contributed by atoms with Crippen molar-refractivity contribution in [2.75, 3.05) is 0 Å². The van der Waals surface area contributed by atoms with Crippen LogP contribution in [-0.4, -0.2) is 0 Å². The number of allylic oxidation sites excluding steroid dienone is 2. The maximum atomic E-state index is 4.07. The van der Waals surface area contributed by atoms with Crippen molar-refractivity contribution in [3.05, 3.63) is 59.3 Å². The van der Waals surface area contributed by atoms with E-state index in [0.29, 0.717) is 0 Å². The van der Waals surface area contributed by atoms with Crippen LogP contribution in [0, 0.1) is 25.7 Å². The second-order valence-electron chi connectivity index (χ2n) is 9.35. The van der Waals surface area contributed by atoms with Crippen molar-refractivity contribution in [3.8, 4) is 0 Å². The van der Waals surface area contributed by atoms with Gasteiger partial charge in [0.15, 0.2) is 0 Å². The first-order valence-corrected chi connectivity index (χ1v) is 12.0. The number of nitrogens with one attached hydrogen (secondary N) is 1. The summed E-state index contributed by atoms with van der Waals surface area (Å²) in [6, 6.07) is 6.59. The molecule has 0 aliphatic heterocycles. The van der Waals surface area contributed by atoms with Crippen LogP contribution < -0.4 is 5.32 Å². The summed E-state index contributed by atoms with van der Waals surface area (Å²) in [6.07, 6.45) is 13.6. The minimum absolute atomic E-state index is 0.868. The van der Waals surface area contributed by atoms with Crippen molar-refractivity contribution in [2.24, 2.45) is 11.8 Å². The van der Waals surface area contributed by atoms with Gasteiger partial charge in [-0.05, 0) is 68.6 Å². The molecule has 0 bridgehead atoms. The normalized spacial score (nSPS) is 18.5. The fourth-order valence-electron chi connectivity index (χ4n) is 4.12. The Balaban J connectivity index is 0.000000326. The zero-order valence-electron chi connectivity index (χ0n) is 20.1. The van der Waals surface area contributed by atoms with E-state index in [0.717, 1.165) is 43.3 Å². The molecule has 0 spiro atoms. The SMILES string of the molecule is C=C(C)CCCC(=C)NCc1ccc(C)c(C)c1.CCCCC1CCCCC1C. The summed E-state index contributed by atoms with van der Waals surface area (Å²) < 4.78 is 0. The molecule has 1 heteroatoms. The first kappa shape index (κ1) is 25.5. The van der Waals surface area contributed by atoms with Crippen molar-refractivity contribution in [2.45, 2.75) is 105 Å². The average molecular weight is 398 g/mol. The highest BCUT2D eigenvalue weighted by atomic mass is 14.9. The van der Waals surface area contributed by atoms with Gasteiger partial charge >= 0.3 is 0 Å². The second kappa shape index (κ2) is 14.5. The van der Waals surface area contributed by atoms with Crippen LogP contribution in [0.1, 0.15) is 102 Å². The molecule has 1 aromatic carbocycles. The van der Waals surface area contributed by atoms with E-state index in [9.17, 15) is 0 Å². The van der Waals surface area contributed by atoms with Gasteiger partial charge in [-0.3, -0.25) is 0 Å². The molecule has 0 heterocycles. The lowest BCUT2D eigenvalue weighted by atomic mass is 9.78. The van der Waals surface area contributed by atoms with Crippen LogP contribution in [0.15, 0.2) is 42.6 Å². The molecule has 1 saturated carbocycles. The molecule has 1 aliphatic carbocycles. The van der Waals surface area contributed by atoms with Crippen LogP contribution >= 0.6 is 0 Å². The van der Waals surface area contributed by atoms with E-state index in [4.69, 9.17) is 0 Å². The lowest BCUT2D eigenvalue weighted by molar-refractivity contribution is 0.237. The molecular weight excluding hydrogens is 350 g/mol. The zero-order chi connectivity index (χ0) is 21.6. The Morgan fingerprint density at radius 2 is 1.76 bits per heavy atom. The van der Waals surface area contributed by atoms with Gasteiger partial charge in [-0.15, -0.1) is 6.58 Å². The Morgan fingerprint density at radius 3 is 2.38 bits per heavy atom. The molecule has 0 amide bonds. The van der Waals surface area contributed by atoms with Gasteiger partial charge in [0, 0.05) is 12.2 Å². The summed E-state index contributed by atoms with van der Waals surface area (Å²) in [7, 11) is 0. The lowest BCUT2D eigenvalue weighted by Crippen LogP contribution is -2.16. The third-order valence-corrected chi connectivity index (χ3v) is 6.41. The fourth-order valence-corrected chi connectivity index (χ4v) is 4.12. The highest BCUT2D eigenvalue weighted by molar-refractivity contribution is 5.30. The number of aryl methyl sites for hydroxylation is 2. The van der Waals surface area contributed by atoms with Crippen molar-refractivity contribution in [1.82, 2.24) is 5.32 Å². The summed E-state index contributed by atoms with van der Waals surface area (Å²) in [5.41, 5.74) is 6.38. The van der Waals surface area contributed by atoms with Crippen molar-refractivity contribution in [1.29, 1.82) is 0 Å². The highest BCUT2D eigenvalue weighted by Gasteiger charge is 2.19. The van der Waals surface area contributed by atoms with Crippen LogP contribution in [0.2, 0.25) is 0 Å². The number of hydrogen-bond acceptors (Lipinski definition) is 1. The van der Waals surface area contributed by atoms with Gasteiger partial charge in [0.2, 0.25) is 0 Å². The maximum Gasteiger partial charge on any atom is 0.0397 e. The molecule has 1 aliphatic rings. The van der Waals surface area contributed by atoms with Crippen molar-refractivity contribution in [3.63, 3.8) is 0 Å². The molecular formula is C28H47N. The quantitative estimate of drug-likeness (QED) is 0.389. The standard InChI is InChI=1S/C17H25N.C11H22/c1-13(2)7-6-8-16(5)18-12-17-10-9-14(3)15(4)11-17;1-3-4-8-11-9-6-5-7-10(11)2/h9-11,18H,1,5-8,12H2,2-4H3;10-11H,3-9H2,1-2H3. The van der Waals surface area contributed by atoms with E-state index in [2.05, 4.69) is 71.3 Å². The van der Waals surface area contributed by atoms with Crippen LogP contribution in [0.25, 0.3) is 0 Å². The van der Waals surface area contributed by atoms with Gasteiger partial charge in [0.05, 0.1) is 0 Å². The Hall–Kier alpha value is -1.50. The molecule has 29 heavy (non-hydrogen) atoms. The predicted octanol–water partition coefficient (Wildman–Crippen LogP) is 8.66. The number of rotatable bonds is 10. The predicted molar refractivity (Wildman–Crippen MR) is 131 cm³/mol. The van der Waals surface area contributed by atoms with Gasteiger partial charge in [-0.2, -0.15) is 0 Å². The van der Waals surface area contributed by atoms with Crippen molar-refractivity contribution >= 4 is 0 Å². The summed E-state index contributed by atoms with van der Waals surface area (Å²) in [5.74, 6) is 2.10. The largest absolute Gasteiger partial charge is 0.385 e. The lowest BCUT2D eigenvalue weighted by Gasteiger charge is -2.28. The van der Waals surface area contributed by atoms with E-state index in [1.807, 2.05) is 0 Å². The smallest absolute Gasteiger partial charge is 0.0397 e. The van der Waals surface area contributed by atoms with E-state index >= 15 is 0 Å². The van der Waals surface area contributed by atoms with Gasteiger partial charge < -0.3 is 5.32 Å². The Labute approximate surface area is 182 Å². The third kappa shape index (κ3) is 11.3. The topological polar surface area (TPSA) is 12.0 Å². The Bertz CT molecular complexity index is 613. The second-order valence-corrected chi connectivity index (χ2v) is 9.35. The molecule has 164 valence electrons. The molecule has 2 rings (SSSR count). The highest BCUT2D eigenvalue weighted by Crippen LogP contribution is 2.32. The minimum atomic E-state index is 0.868. The Kier molecular flexibility index (Phi) is 12.7. The first-order valence-electron chi connectivity index (χ1n) is 12.0. The van der Waals surface area contributed by atoms with Crippen LogP contribution in [-0.2, 0) is 6.54 Å². The maximum absolute atomic E-state index is 4.07. The molecule has 2 atom stereocenters. The van der Waals surface area contributed by atoms with E-state index in [-0.39, 0.29) is 0 Å². The van der Waals surface area contributed by atoms with Crippen LogP contribution in [0.5, 0.6) is 0 Å². The fraction of sp³-hybridized carbons (Fsp3) is 0.643. The average Bonchev–Trinajstić information content (AvgIpc) is 2.68. The molecule has 1 aromatic rings. The van der Waals surface area contributed by atoms with Gasteiger partial charge in [-0.25, -0.2) is 0 Å². The van der Waals surface area contributed by atoms with Gasteiger partial charge in [-0.1, -0.05) is 89.1 Å². The van der Waals surface area contributed by atoms with E-state index in [1.54, 1.807) is 0 Å². The molecule has 0 aromatic heterocycles. The van der Waals surface area contributed by atoms with Crippen LogP contribution in [0.4, 0.5) is 0 Å². The Morgan fingerprint density at radius 1 is 1.03 bits per heavy atom. The number of unbranched alkanes of at least 4 members (excludes halogenated alkanes) is 1.